The van der Waals surface area contributed by atoms with Crippen LogP contribution >= 0.6 is 0 Å². The topological polar surface area (TPSA) is 42.3 Å². The Morgan fingerprint density at radius 2 is 2.38 bits per heavy atom. The molecule has 3 heterocycles. The van der Waals surface area contributed by atoms with Gasteiger partial charge in [0.1, 0.15) is 5.82 Å². The van der Waals surface area contributed by atoms with Crippen molar-refractivity contribution in [3.63, 3.8) is 0 Å². The van der Waals surface area contributed by atoms with Gasteiger partial charge in [0, 0.05) is 45.0 Å². The molecule has 2 fully saturated rings. The number of hydrogen-bond acceptors (Lipinski definition) is 4. The van der Waals surface area contributed by atoms with Gasteiger partial charge in [-0.1, -0.05) is 6.07 Å². The van der Waals surface area contributed by atoms with Crippen molar-refractivity contribution in [2.75, 3.05) is 25.0 Å². The summed E-state index contributed by atoms with van der Waals surface area (Å²) in [6.45, 7) is 3.57. The van der Waals surface area contributed by atoms with E-state index in [1.165, 1.54) is 17.8 Å². The Balaban J connectivity index is 1.35. The van der Waals surface area contributed by atoms with Crippen molar-refractivity contribution in [1.29, 1.82) is 0 Å². The van der Waals surface area contributed by atoms with E-state index < -0.39 is 0 Å². The number of aryl methyl sites for hydroxylation is 1. The van der Waals surface area contributed by atoms with E-state index in [0.717, 1.165) is 38.2 Å². The predicted molar refractivity (Wildman–Crippen MR) is 90.2 cm³/mol. The third kappa shape index (κ3) is 3.16. The molecule has 0 unspecified atom stereocenters. The number of ether oxygens (including phenoxy) is 1. The van der Waals surface area contributed by atoms with Crippen LogP contribution in [-0.4, -0.2) is 45.8 Å². The second kappa shape index (κ2) is 6.18. The Labute approximate surface area is 141 Å². The van der Waals surface area contributed by atoms with E-state index in [-0.39, 0.29) is 17.5 Å². The molecule has 128 valence electrons. The van der Waals surface area contributed by atoms with Gasteiger partial charge < -0.3 is 14.6 Å². The fraction of sp³-hybridized carbons (Fsp3) is 0.500. The lowest BCUT2D eigenvalue weighted by Gasteiger charge is -2.23. The average molecular weight is 330 g/mol. The quantitative estimate of drug-likeness (QED) is 0.935. The van der Waals surface area contributed by atoms with E-state index in [1.807, 2.05) is 25.6 Å². The molecule has 5 nitrogen and oxygen atoms in total. The molecule has 6 heteroatoms. The molecule has 0 amide bonds. The van der Waals surface area contributed by atoms with Crippen LogP contribution in [0.15, 0.2) is 36.8 Å². The van der Waals surface area contributed by atoms with Crippen LogP contribution in [0.1, 0.15) is 18.5 Å². The summed E-state index contributed by atoms with van der Waals surface area (Å²) in [5, 5.41) is 3.40. The van der Waals surface area contributed by atoms with Crippen LogP contribution in [0.3, 0.4) is 0 Å². The summed E-state index contributed by atoms with van der Waals surface area (Å²) in [7, 11) is 2.03. The monoisotopic (exact) mass is 330 g/mol. The first-order valence-corrected chi connectivity index (χ1v) is 8.46. The fourth-order valence-electron chi connectivity index (χ4n) is 3.86. The summed E-state index contributed by atoms with van der Waals surface area (Å²) in [6.07, 6.45) is 5.78. The minimum Gasteiger partial charge on any atom is -0.380 e. The Hall–Kier alpha value is -1.92. The summed E-state index contributed by atoms with van der Waals surface area (Å²) in [6, 6.07) is 6.87. The Morgan fingerprint density at radius 3 is 3.17 bits per heavy atom. The van der Waals surface area contributed by atoms with Gasteiger partial charge in [0.15, 0.2) is 0 Å². The van der Waals surface area contributed by atoms with E-state index in [0.29, 0.717) is 6.61 Å². The van der Waals surface area contributed by atoms with Crippen molar-refractivity contribution < 1.29 is 9.13 Å². The molecular weight excluding hydrogens is 307 g/mol. The molecule has 0 radical (unpaired) electrons. The normalized spacial score (nSPS) is 27.2. The summed E-state index contributed by atoms with van der Waals surface area (Å²) >= 11 is 0. The van der Waals surface area contributed by atoms with Crippen LogP contribution in [-0.2, 0) is 18.3 Å². The zero-order valence-electron chi connectivity index (χ0n) is 13.9. The van der Waals surface area contributed by atoms with Gasteiger partial charge in [0.25, 0.3) is 0 Å². The maximum absolute atomic E-state index is 13.3. The molecule has 2 saturated heterocycles. The predicted octanol–water partition coefficient (Wildman–Crippen LogP) is 2.40. The molecule has 24 heavy (non-hydrogen) atoms. The molecule has 2 aliphatic heterocycles. The molecule has 2 aromatic rings. The summed E-state index contributed by atoms with van der Waals surface area (Å²) in [4.78, 5) is 6.62. The maximum Gasteiger partial charge on any atom is 0.125 e. The SMILES string of the molecule is Cn1cncc1CN1CC[C@@]2(C[C@H](Nc3cccc(F)c3)CO2)C1. The number of benzene rings is 1. The molecule has 2 aliphatic rings. The molecule has 1 aromatic heterocycles. The largest absolute Gasteiger partial charge is 0.380 e. The molecule has 0 saturated carbocycles. The van der Waals surface area contributed by atoms with Crippen LogP contribution in [0.4, 0.5) is 10.1 Å². The third-order valence-electron chi connectivity index (χ3n) is 5.10. The maximum atomic E-state index is 13.3. The number of imidazole rings is 1. The molecule has 2 atom stereocenters. The van der Waals surface area contributed by atoms with E-state index in [4.69, 9.17) is 4.74 Å². The van der Waals surface area contributed by atoms with Crippen LogP contribution in [0.5, 0.6) is 0 Å². The van der Waals surface area contributed by atoms with E-state index >= 15 is 0 Å². The first kappa shape index (κ1) is 15.6. The number of halogens is 1. The Bertz CT molecular complexity index is 719. The smallest absolute Gasteiger partial charge is 0.125 e. The highest BCUT2D eigenvalue weighted by molar-refractivity contribution is 5.44. The molecule has 0 aliphatic carbocycles. The van der Waals surface area contributed by atoms with Gasteiger partial charge in [-0.05, 0) is 24.6 Å². The number of anilines is 1. The number of likely N-dealkylation sites (tertiary alicyclic amines) is 1. The van der Waals surface area contributed by atoms with Crippen LogP contribution in [0, 0.1) is 5.82 Å². The highest BCUT2D eigenvalue weighted by Crippen LogP contribution is 2.36. The first-order valence-electron chi connectivity index (χ1n) is 8.46. The standard InChI is InChI=1S/C18H23FN4O/c1-22-13-20-9-17(22)10-23-6-5-18(12-23)8-16(11-24-18)21-15-4-2-3-14(19)7-15/h2-4,7,9,13,16,21H,5-6,8,10-12H2,1H3/t16-,18+/m0/s1. The Kier molecular flexibility index (Phi) is 4.02. The van der Waals surface area contributed by atoms with Crippen LogP contribution in [0.25, 0.3) is 0 Å². The molecular formula is C18H23FN4O. The third-order valence-corrected chi connectivity index (χ3v) is 5.10. The van der Waals surface area contributed by atoms with Crippen molar-refractivity contribution in [2.45, 2.75) is 31.0 Å². The molecule has 4 rings (SSSR count). The second-order valence-corrected chi connectivity index (χ2v) is 7.01. The van der Waals surface area contributed by atoms with Crippen molar-refractivity contribution in [2.24, 2.45) is 7.05 Å². The molecule has 1 spiro atoms. The fourth-order valence-corrected chi connectivity index (χ4v) is 3.86. The lowest BCUT2D eigenvalue weighted by molar-refractivity contribution is 0.0118. The van der Waals surface area contributed by atoms with Gasteiger partial charge in [-0.3, -0.25) is 4.90 Å². The van der Waals surface area contributed by atoms with E-state index in [1.54, 1.807) is 6.07 Å². The second-order valence-electron chi connectivity index (χ2n) is 7.01. The van der Waals surface area contributed by atoms with Gasteiger partial charge in [-0.2, -0.15) is 0 Å². The Morgan fingerprint density at radius 1 is 1.46 bits per heavy atom. The molecule has 0 bridgehead atoms. The zero-order chi connectivity index (χ0) is 16.6. The van der Waals surface area contributed by atoms with Crippen molar-refractivity contribution in [3.8, 4) is 0 Å². The first-order chi connectivity index (χ1) is 11.6. The number of aromatic nitrogens is 2. The van der Waals surface area contributed by atoms with Crippen molar-refractivity contribution in [1.82, 2.24) is 14.5 Å². The van der Waals surface area contributed by atoms with Gasteiger partial charge in [0.2, 0.25) is 0 Å². The van der Waals surface area contributed by atoms with Gasteiger partial charge >= 0.3 is 0 Å². The highest BCUT2D eigenvalue weighted by Gasteiger charge is 2.45. The minimum absolute atomic E-state index is 0.0659. The highest BCUT2D eigenvalue weighted by atomic mass is 19.1. The summed E-state index contributed by atoms with van der Waals surface area (Å²) in [5.74, 6) is -0.211. The van der Waals surface area contributed by atoms with E-state index in [9.17, 15) is 4.39 Å². The summed E-state index contributed by atoms with van der Waals surface area (Å²) < 4.78 is 21.6. The van der Waals surface area contributed by atoms with Crippen LogP contribution < -0.4 is 5.32 Å². The minimum atomic E-state index is -0.211. The van der Waals surface area contributed by atoms with Gasteiger partial charge in [-0.15, -0.1) is 0 Å². The van der Waals surface area contributed by atoms with Crippen LogP contribution in [0.2, 0.25) is 0 Å². The molecule has 1 aromatic carbocycles. The van der Waals surface area contributed by atoms with Crippen molar-refractivity contribution >= 4 is 5.69 Å². The molecule has 1 N–H and O–H groups in total. The van der Waals surface area contributed by atoms with Gasteiger partial charge in [-0.25, -0.2) is 9.37 Å². The number of rotatable bonds is 4. The van der Waals surface area contributed by atoms with Crippen molar-refractivity contribution in [3.05, 3.63) is 48.3 Å². The number of nitrogens with zero attached hydrogens (tertiary/aromatic N) is 3. The lowest BCUT2D eigenvalue weighted by Crippen LogP contribution is -2.33. The average Bonchev–Trinajstić information content (AvgIpc) is 3.24. The number of hydrogen-bond donors (Lipinski definition) is 1. The summed E-state index contributed by atoms with van der Waals surface area (Å²) in [5.41, 5.74) is 1.98. The number of nitrogens with one attached hydrogen (secondary N) is 1. The lowest BCUT2D eigenvalue weighted by atomic mass is 9.97. The zero-order valence-corrected chi connectivity index (χ0v) is 13.9. The van der Waals surface area contributed by atoms with Gasteiger partial charge in [0.05, 0.1) is 30.3 Å². The van der Waals surface area contributed by atoms with E-state index in [2.05, 4.69) is 19.8 Å².